The number of nitrogens with one attached hydrogen (secondary N) is 1. The molecular weight excluding hydrogens is 338 g/mol. The Hall–Kier alpha value is -2.28. The lowest BCUT2D eigenvalue weighted by Gasteiger charge is -2.10. The fraction of sp³-hybridized carbons (Fsp3) is 0.389. The van der Waals surface area contributed by atoms with Crippen LogP contribution in [0.2, 0.25) is 0 Å². The summed E-state index contributed by atoms with van der Waals surface area (Å²) in [6.07, 6.45) is 0.850. The van der Waals surface area contributed by atoms with Crippen LogP contribution in [0.5, 0.6) is 11.5 Å². The summed E-state index contributed by atoms with van der Waals surface area (Å²) in [4.78, 5) is 21.0. The second kappa shape index (κ2) is 7.74. The Labute approximate surface area is 151 Å². The number of anilines is 1. The van der Waals surface area contributed by atoms with Gasteiger partial charge in [0.15, 0.2) is 16.7 Å². The van der Waals surface area contributed by atoms with Crippen LogP contribution in [0.3, 0.4) is 0 Å². The van der Waals surface area contributed by atoms with Gasteiger partial charge in [-0.05, 0) is 38.5 Å². The minimum atomic E-state index is -0.112. The molecule has 6 nitrogen and oxygen atoms in total. The quantitative estimate of drug-likeness (QED) is 0.667. The van der Waals surface area contributed by atoms with Gasteiger partial charge in [0.1, 0.15) is 0 Å². The molecule has 2 aromatic rings. The van der Waals surface area contributed by atoms with E-state index >= 15 is 0 Å². The summed E-state index contributed by atoms with van der Waals surface area (Å²) in [6, 6.07) is 5.42. The summed E-state index contributed by atoms with van der Waals surface area (Å²) < 4.78 is 11.2. The molecule has 0 aliphatic carbocycles. The van der Waals surface area contributed by atoms with Crippen LogP contribution < -0.4 is 14.8 Å². The number of carbonyl (C=O) groups excluding carboxylic acids is 1. The first-order valence-electron chi connectivity index (χ1n) is 8.17. The lowest BCUT2D eigenvalue weighted by molar-refractivity contribution is -0.113. The monoisotopic (exact) mass is 359 g/mol. The van der Waals surface area contributed by atoms with Crippen LogP contribution in [0.15, 0.2) is 23.4 Å². The maximum Gasteiger partial charge on any atom is 0.234 e. The van der Waals surface area contributed by atoms with Crippen LogP contribution >= 0.6 is 11.8 Å². The van der Waals surface area contributed by atoms with Gasteiger partial charge in [-0.3, -0.25) is 4.79 Å². The number of ether oxygens (including phenoxy) is 2. The highest BCUT2D eigenvalue weighted by atomic mass is 32.2. The Kier molecular flexibility index (Phi) is 5.43. The molecule has 1 N–H and O–H groups in total. The van der Waals surface area contributed by atoms with Crippen molar-refractivity contribution in [3.05, 3.63) is 35.2 Å². The number of hydrogen-bond donors (Lipinski definition) is 1. The first-order chi connectivity index (χ1) is 12.0. The van der Waals surface area contributed by atoms with E-state index in [1.807, 2.05) is 32.9 Å². The molecule has 132 valence electrons. The zero-order chi connectivity index (χ0) is 17.8. The van der Waals surface area contributed by atoms with E-state index in [4.69, 9.17) is 9.47 Å². The second-order valence-corrected chi connectivity index (χ2v) is 6.79. The zero-order valence-corrected chi connectivity index (χ0v) is 15.4. The molecule has 0 bridgehead atoms. The third-order valence-electron chi connectivity index (χ3n) is 3.98. The average Bonchev–Trinajstić information content (AvgIpc) is 2.82. The molecule has 0 radical (unpaired) electrons. The van der Waals surface area contributed by atoms with Crippen LogP contribution in [0, 0.1) is 20.8 Å². The second-order valence-electron chi connectivity index (χ2n) is 5.85. The third-order valence-corrected chi connectivity index (χ3v) is 4.82. The molecule has 0 saturated carbocycles. The van der Waals surface area contributed by atoms with E-state index in [1.165, 1.54) is 11.8 Å². The molecule has 2 heterocycles. The number of rotatable bonds is 4. The number of carbonyl (C=O) groups is 1. The molecule has 0 atom stereocenters. The number of amides is 1. The normalized spacial score (nSPS) is 13.2. The van der Waals surface area contributed by atoms with Crippen LogP contribution in [0.1, 0.15) is 23.4 Å². The predicted octanol–water partition coefficient (Wildman–Crippen LogP) is 3.29. The largest absolute Gasteiger partial charge is 0.490 e. The minimum absolute atomic E-state index is 0.112. The van der Waals surface area contributed by atoms with Crippen molar-refractivity contribution in [3.63, 3.8) is 0 Å². The summed E-state index contributed by atoms with van der Waals surface area (Å²) in [7, 11) is 0. The topological polar surface area (TPSA) is 73.3 Å². The lowest BCUT2D eigenvalue weighted by atomic mass is 10.2. The van der Waals surface area contributed by atoms with E-state index in [-0.39, 0.29) is 11.7 Å². The van der Waals surface area contributed by atoms with Crippen molar-refractivity contribution in [2.24, 2.45) is 0 Å². The van der Waals surface area contributed by atoms with Crippen LogP contribution in [-0.4, -0.2) is 34.8 Å². The number of hydrogen-bond acceptors (Lipinski definition) is 6. The van der Waals surface area contributed by atoms with E-state index in [2.05, 4.69) is 15.3 Å². The average molecular weight is 359 g/mol. The molecule has 0 saturated heterocycles. The van der Waals surface area contributed by atoms with Gasteiger partial charge in [0.25, 0.3) is 0 Å². The zero-order valence-electron chi connectivity index (χ0n) is 14.6. The number of fused-ring (bicyclic) bond motifs is 1. The van der Waals surface area contributed by atoms with Crippen molar-refractivity contribution in [1.82, 2.24) is 9.97 Å². The number of aromatic nitrogens is 2. The maximum absolute atomic E-state index is 12.2. The molecule has 0 unspecified atom stereocenters. The summed E-state index contributed by atoms with van der Waals surface area (Å²) in [5.74, 6) is 1.51. The van der Waals surface area contributed by atoms with Crippen LogP contribution in [0.25, 0.3) is 0 Å². The Balaban J connectivity index is 1.60. The minimum Gasteiger partial charge on any atom is -0.490 e. The molecule has 0 fully saturated rings. The molecule has 25 heavy (non-hydrogen) atoms. The standard InChI is InChI=1S/C18H21N3O3S/c1-11-12(2)19-18(20-13(11)3)25-10-17(22)21-14-5-6-15-16(9-14)24-8-4-7-23-15/h5-6,9H,4,7-8,10H2,1-3H3,(H,21,22). The molecule has 1 aliphatic heterocycles. The maximum atomic E-state index is 12.2. The number of nitrogens with zero attached hydrogens (tertiary/aromatic N) is 2. The van der Waals surface area contributed by atoms with Gasteiger partial charge in [-0.25, -0.2) is 9.97 Å². The van der Waals surface area contributed by atoms with Gasteiger partial charge in [0, 0.05) is 29.6 Å². The van der Waals surface area contributed by atoms with E-state index in [9.17, 15) is 4.79 Å². The highest BCUT2D eigenvalue weighted by Gasteiger charge is 2.13. The molecule has 1 aromatic heterocycles. The highest BCUT2D eigenvalue weighted by Crippen LogP contribution is 2.32. The van der Waals surface area contributed by atoms with Gasteiger partial charge >= 0.3 is 0 Å². The van der Waals surface area contributed by atoms with Crippen molar-refractivity contribution >= 4 is 23.4 Å². The van der Waals surface area contributed by atoms with Crippen molar-refractivity contribution < 1.29 is 14.3 Å². The highest BCUT2D eigenvalue weighted by molar-refractivity contribution is 7.99. The van der Waals surface area contributed by atoms with E-state index in [0.717, 1.165) is 23.4 Å². The van der Waals surface area contributed by atoms with Crippen molar-refractivity contribution in [2.75, 3.05) is 24.3 Å². The van der Waals surface area contributed by atoms with Crippen molar-refractivity contribution in [1.29, 1.82) is 0 Å². The van der Waals surface area contributed by atoms with Crippen molar-refractivity contribution in [2.45, 2.75) is 32.3 Å². The molecule has 1 aromatic carbocycles. The fourth-order valence-electron chi connectivity index (χ4n) is 2.37. The molecule has 1 amide bonds. The Morgan fingerprint density at radius 3 is 2.52 bits per heavy atom. The third kappa shape index (κ3) is 4.42. The first-order valence-corrected chi connectivity index (χ1v) is 9.15. The van der Waals surface area contributed by atoms with Gasteiger partial charge in [0.05, 0.1) is 19.0 Å². The van der Waals surface area contributed by atoms with Crippen LogP contribution in [-0.2, 0) is 4.79 Å². The Morgan fingerprint density at radius 1 is 1.12 bits per heavy atom. The SMILES string of the molecule is Cc1nc(SCC(=O)Nc2ccc3c(c2)OCCCO3)nc(C)c1C. The molecular formula is C18H21N3O3S. The fourth-order valence-corrected chi connectivity index (χ4v) is 3.11. The van der Waals surface area contributed by atoms with Gasteiger partial charge in [0.2, 0.25) is 5.91 Å². The lowest BCUT2D eigenvalue weighted by Crippen LogP contribution is -2.14. The summed E-state index contributed by atoms with van der Waals surface area (Å²) in [6.45, 7) is 7.15. The number of benzene rings is 1. The Morgan fingerprint density at radius 2 is 1.80 bits per heavy atom. The van der Waals surface area contributed by atoms with Gasteiger partial charge < -0.3 is 14.8 Å². The molecule has 7 heteroatoms. The van der Waals surface area contributed by atoms with Gasteiger partial charge in [-0.2, -0.15) is 0 Å². The first kappa shape index (κ1) is 17.5. The van der Waals surface area contributed by atoms with Crippen LogP contribution in [0.4, 0.5) is 5.69 Å². The molecule has 1 aliphatic rings. The Bertz CT molecular complexity index is 772. The van der Waals surface area contributed by atoms with E-state index in [1.54, 1.807) is 6.07 Å². The van der Waals surface area contributed by atoms with E-state index in [0.29, 0.717) is 35.6 Å². The summed E-state index contributed by atoms with van der Waals surface area (Å²) in [5.41, 5.74) is 3.66. The number of aryl methyl sites for hydroxylation is 2. The number of thioether (sulfide) groups is 1. The smallest absolute Gasteiger partial charge is 0.234 e. The van der Waals surface area contributed by atoms with Crippen molar-refractivity contribution in [3.8, 4) is 11.5 Å². The summed E-state index contributed by atoms with van der Waals surface area (Å²) >= 11 is 1.33. The summed E-state index contributed by atoms with van der Waals surface area (Å²) in [5, 5.41) is 3.49. The van der Waals surface area contributed by atoms with E-state index < -0.39 is 0 Å². The predicted molar refractivity (Wildman–Crippen MR) is 97.6 cm³/mol. The molecule has 3 rings (SSSR count). The van der Waals surface area contributed by atoms with Gasteiger partial charge in [-0.1, -0.05) is 11.8 Å². The van der Waals surface area contributed by atoms with Gasteiger partial charge in [-0.15, -0.1) is 0 Å². The molecule has 0 spiro atoms.